The van der Waals surface area contributed by atoms with Gasteiger partial charge in [0.2, 0.25) is 10.0 Å². The molecule has 0 fully saturated rings. The first-order valence-corrected chi connectivity index (χ1v) is 10.0. The molecular formula is C19H24N2O5S. The molecular weight excluding hydrogens is 368 g/mol. The SMILES string of the molecule is CCCCNS(=O)(=O)c1ccc(NC(=O)c2c(OC)cccc2OC)cc1. The minimum atomic E-state index is -3.55. The monoisotopic (exact) mass is 392 g/mol. The zero-order chi connectivity index (χ0) is 19.9. The number of carbonyl (C=O) groups excluding carboxylic acids is 1. The van der Waals surface area contributed by atoms with Crippen LogP contribution in [0.3, 0.4) is 0 Å². The predicted octanol–water partition coefficient (Wildman–Crippen LogP) is 3.03. The van der Waals surface area contributed by atoms with Crippen molar-refractivity contribution in [2.75, 3.05) is 26.1 Å². The molecule has 0 saturated heterocycles. The fourth-order valence-electron chi connectivity index (χ4n) is 2.45. The molecule has 27 heavy (non-hydrogen) atoms. The Bertz CT molecular complexity index is 857. The molecule has 0 aliphatic heterocycles. The van der Waals surface area contributed by atoms with Gasteiger partial charge in [0.25, 0.3) is 5.91 Å². The highest BCUT2D eigenvalue weighted by molar-refractivity contribution is 7.89. The third-order valence-electron chi connectivity index (χ3n) is 3.90. The van der Waals surface area contributed by atoms with Crippen molar-refractivity contribution in [3.05, 3.63) is 48.0 Å². The Morgan fingerprint density at radius 2 is 1.59 bits per heavy atom. The first-order chi connectivity index (χ1) is 12.9. The molecule has 0 aromatic heterocycles. The average Bonchev–Trinajstić information content (AvgIpc) is 2.67. The third-order valence-corrected chi connectivity index (χ3v) is 5.38. The molecule has 0 aliphatic rings. The Kier molecular flexibility index (Phi) is 7.20. The standard InChI is InChI=1S/C19H24N2O5S/c1-4-5-13-20-27(23,24)15-11-9-14(10-12-15)21-19(22)18-16(25-2)7-6-8-17(18)26-3/h6-12,20H,4-5,13H2,1-3H3,(H,21,22). The van der Waals surface area contributed by atoms with E-state index in [4.69, 9.17) is 9.47 Å². The topological polar surface area (TPSA) is 93.7 Å². The molecule has 1 amide bonds. The molecule has 7 nitrogen and oxygen atoms in total. The van der Waals surface area contributed by atoms with Gasteiger partial charge in [-0.15, -0.1) is 0 Å². The number of hydrogen-bond donors (Lipinski definition) is 2. The fraction of sp³-hybridized carbons (Fsp3) is 0.316. The summed E-state index contributed by atoms with van der Waals surface area (Å²) in [5.41, 5.74) is 0.723. The zero-order valence-corrected chi connectivity index (χ0v) is 16.4. The van der Waals surface area contributed by atoms with Crippen molar-refractivity contribution in [3.63, 3.8) is 0 Å². The molecule has 2 aromatic rings. The first kappa shape index (κ1) is 20.7. The van der Waals surface area contributed by atoms with Crippen molar-refractivity contribution >= 4 is 21.6 Å². The van der Waals surface area contributed by atoms with Crippen LogP contribution in [0.25, 0.3) is 0 Å². The molecule has 0 spiro atoms. The van der Waals surface area contributed by atoms with Crippen LogP contribution in [0.15, 0.2) is 47.4 Å². The van der Waals surface area contributed by atoms with E-state index in [9.17, 15) is 13.2 Å². The van der Waals surface area contributed by atoms with Crippen LogP contribution in [-0.2, 0) is 10.0 Å². The van der Waals surface area contributed by atoms with Crippen LogP contribution in [0.5, 0.6) is 11.5 Å². The number of hydrogen-bond acceptors (Lipinski definition) is 5. The number of amides is 1. The average molecular weight is 392 g/mol. The summed E-state index contributed by atoms with van der Waals surface area (Å²) in [5, 5.41) is 2.72. The van der Waals surface area contributed by atoms with Crippen molar-refractivity contribution in [1.29, 1.82) is 0 Å². The summed E-state index contributed by atoms with van der Waals surface area (Å²) in [6.07, 6.45) is 1.67. The number of rotatable bonds is 9. The van der Waals surface area contributed by atoms with Crippen LogP contribution < -0.4 is 19.5 Å². The summed E-state index contributed by atoms with van der Waals surface area (Å²) < 4.78 is 37.4. The molecule has 2 aromatic carbocycles. The Balaban J connectivity index is 2.17. The van der Waals surface area contributed by atoms with Gasteiger partial charge in [-0.05, 0) is 42.8 Å². The lowest BCUT2D eigenvalue weighted by atomic mass is 10.1. The van der Waals surface area contributed by atoms with E-state index in [1.54, 1.807) is 18.2 Å². The summed E-state index contributed by atoms with van der Waals surface area (Å²) in [5.74, 6) is 0.346. The maximum atomic E-state index is 12.6. The van der Waals surface area contributed by atoms with E-state index in [-0.39, 0.29) is 10.5 Å². The number of methoxy groups -OCH3 is 2. The number of benzene rings is 2. The number of unbranched alkanes of at least 4 members (excludes halogenated alkanes) is 1. The van der Waals surface area contributed by atoms with Gasteiger partial charge < -0.3 is 14.8 Å². The largest absolute Gasteiger partial charge is 0.496 e. The number of ether oxygens (including phenoxy) is 2. The van der Waals surface area contributed by atoms with E-state index >= 15 is 0 Å². The van der Waals surface area contributed by atoms with Crippen LogP contribution >= 0.6 is 0 Å². The van der Waals surface area contributed by atoms with Crippen molar-refractivity contribution in [1.82, 2.24) is 4.72 Å². The van der Waals surface area contributed by atoms with Gasteiger partial charge in [0, 0.05) is 12.2 Å². The number of sulfonamides is 1. The molecule has 2 rings (SSSR count). The Morgan fingerprint density at radius 3 is 2.11 bits per heavy atom. The lowest BCUT2D eigenvalue weighted by Gasteiger charge is -2.13. The second kappa shape index (κ2) is 9.38. The highest BCUT2D eigenvalue weighted by Gasteiger charge is 2.19. The summed E-state index contributed by atoms with van der Waals surface area (Å²) in [6, 6.07) is 11.0. The van der Waals surface area contributed by atoms with Gasteiger partial charge in [0.1, 0.15) is 17.1 Å². The lowest BCUT2D eigenvalue weighted by molar-refractivity contribution is 0.102. The minimum Gasteiger partial charge on any atom is -0.496 e. The van der Waals surface area contributed by atoms with Crippen molar-refractivity contribution in [2.24, 2.45) is 0 Å². The van der Waals surface area contributed by atoms with Crippen molar-refractivity contribution in [3.8, 4) is 11.5 Å². The Hall–Kier alpha value is -2.58. The van der Waals surface area contributed by atoms with Gasteiger partial charge in [-0.25, -0.2) is 13.1 Å². The number of nitrogens with one attached hydrogen (secondary N) is 2. The van der Waals surface area contributed by atoms with Gasteiger partial charge in [0.15, 0.2) is 0 Å². The summed E-state index contributed by atoms with van der Waals surface area (Å²) in [4.78, 5) is 12.8. The van der Waals surface area contributed by atoms with Crippen molar-refractivity contribution in [2.45, 2.75) is 24.7 Å². The van der Waals surface area contributed by atoms with Gasteiger partial charge in [0.05, 0.1) is 19.1 Å². The number of carbonyl (C=O) groups is 1. The normalized spacial score (nSPS) is 11.1. The van der Waals surface area contributed by atoms with E-state index < -0.39 is 15.9 Å². The van der Waals surface area contributed by atoms with Crippen LogP contribution in [0.2, 0.25) is 0 Å². The molecule has 0 atom stereocenters. The van der Waals surface area contributed by atoms with Gasteiger partial charge in [-0.2, -0.15) is 0 Å². The van der Waals surface area contributed by atoms with Gasteiger partial charge in [-0.1, -0.05) is 19.4 Å². The van der Waals surface area contributed by atoms with Crippen molar-refractivity contribution < 1.29 is 22.7 Å². The summed E-state index contributed by atoms with van der Waals surface area (Å²) in [7, 11) is -0.616. The highest BCUT2D eigenvalue weighted by atomic mass is 32.2. The maximum Gasteiger partial charge on any atom is 0.263 e. The minimum absolute atomic E-state index is 0.145. The predicted molar refractivity (Wildman–Crippen MR) is 104 cm³/mol. The molecule has 0 radical (unpaired) electrons. The third kappa shape index (κ3) is 5.21. The molecule has 0 saturated carbocycles. The quantitative estimate of drug-likeness (QED) is 0.640. The van der Waals surface area contributed by atoms with Gasteiger partial charge >= 0.3 is 0 Å². The second-order valence-electron chi connectivity index (χ2n) is 5.77. The molecule has 0 aliphatic carbocycles. The Labute approximate surface area is 159 Å². The molecule has 0 heterocycles. The molecule has 8 heteroatoms. The summed E-state index contributed by atoms with van der Waals surface area (Å²) in [6.45, 7) is 2.38. The van der Waals surface area contributed by atoms with E-state index in [2.05, 4.69) is 10.0 Å². The van der Waals surface area contributed by atoms with Crippen LogP contribution in [0.1, 0.15) is 30.1 Å². The van der Waals surface area contributed by atoms with Crippen LogP contribution in [-0.4, -0.2) is 35.1 Å². The van der Waals surface area contributed by atoms with Crippen LogP contribution in [0, 0.1) is 0 Å². The van der Waals surface area contributed by atoms with E-state index in [0.717, 1.165) is 12.8 Å². The smallest absolute Gasteiger partial charge is 0.263 e. The Morgan fingerprint density at radius 1 is 1.00 bits per heavy atom. The van der Waals surface area contributed by atoms with E-state index in [0.29, 0.717) is 23.7 Å². The lowest BCUT2D eigenvalue weighted by Crippen LogP contribution is -2.24. The fourth-order valence-corrected chi connectivity index (χ4v) is 3.53. The second-order valence-corrected chi connectivity index (χ2v) is 7.53. The van der Waals surface area contributed by atoms with E-state index in [1.807, 2.05) is 6.92 Å². The molecule has 0 bridgehead atoms. The zero-order valence-electron chi connectivity index (χ0n) is 15.6. The van der Waals surface area contributed by atoms with E-state index in [1.165, 1.54) is 38.5 Å². The molecule has 146 valence electrons. The summed E-state index contributed by atoms with van der Waals surface area (Å²) >= 11 is 0. The maximum absolute atomic E-state index is 12.6. The molecule has 0 unspecified atom stereocenters. The highest BCUT2D eigenvalue weighted by Crippen LogP contribution is 2.29. The first-order valence-electron chi connectivity index (χ1n) is 8.55. The van der Waals surface area contributed by atoms with Gasteiger partial charge in [-0.3, -0.25) is 4.79 Å². The van der Waals surface area contributed by atoms with Crippen LogP contribution in [0.4, 0.5) is 5.69 Å². The number of anilines is 1. The molecule has 2 N–H and O–H groups in total.